The van der Waals surface area contributed by atoms with Crippen LogP contribution in [0.1, 0.15) is 71.3 Å². The number of rotatable bonds is 14. The van der Waals surface area contributed by atoms with Gasteiger partial charge in [0.15, 0.2) is 11.3 Å². The molecule has 13 nitrogen and oxygen atoms in total. The summed E-state index contributed by atoms with van der Waals surface area (Å²) >= 11 is 0. The fourth-order valence-electron chi connectivity index (χ4n) is 4.50. The van der Waals surface area contributed by atoms with Crippen LogP contribution in [0, 0.1) is 6.92 Å². The van der Waals surface area contributed by atoms with Crippen molar-refractivity contribution in [2.45, 2.75) is 83.8 Å². The normalized spacial score (nSPS) is 13.2. The number of benzene rings is 1. The smallest absolute Gasteiger partial charge is 0.324 e. The molecule has 0 bridgehead atoms. The van der Waals surface area contributed by atoms with Gasteiger partial charge < -0.3 is 14.5 Å². The van der Waals surface area contributed by atoms with Gasteiger partial charge in [0.05, 0.1) is 34.6 Å². The van der Waals surface area contributed by atoms with E-state index in [-0.39, 0.29) is 41.0 Å². The van der Waals surface area contributed by atoms with Crippen molar-refractivity contribution >= 4 is 31.3 Å². The topological polar surface area (TPSA) is 179 Å². The Morgan fingerprint density at radius 1 is 1.12 bits per heavy atom. The molecule has 3 rings (SSSR count). The quantitative estimate of drug-likeness (QED) is 0.253. The van der Waals surface area contributed by atoms with Gasteiger partial charge in [0, 0.05) is 12.2 Å². The minimum Gasteiger partial charge on any atom is -0.493 e. The minimum absolute atomic E-state index is 0.0464. The van der Waals surface area contributed by atoms with E-state index in [1.54, 1.807) is 27.7 Å². The molecular weight excluding hydrogens is 586 g/mol. The summed E-state index contributed by atoms with van der Waals surface area (Å²) in [6, 6.07) is 2.54. The Kier molecular flexibility index (Phi) is 10.5. The van der Waals surface area contributed by atoms with Gasteiger partial charge in [-0.2, -0.15) is 4.72 Å². The number of nitrogens with zero attached hydrogens (tertiary/aromatic N) is 3. The molecule has 0 fully saturated rings. The van der Waals surface area contributed by atoms with E-state index in [0.29, 0.717) is 17.0 Å². The van der Waals surface area contributed by atoms with Crippen molar-refractivity contribution in [1.82, 2.24) is 24.3 Å². The third kappa shape index (κ3) is 7.75. The number of esters is 1. The second-order valence-electron chi connectivity index (χ2n) is 10.3. The van der Waals surface area contributed by atoms with Gasteiger partial charge in [0.25, 0.3) is 5.56 Å². The average molecular weight is 626 g/mol. The molecule has 42 heavy (non-hydrogen) atoms. The van der Waals surface area contributed by atoms with Crippen molar-refractivity contribution in [3.05, 3.63) is 40.1 Å². The van der Waals surface area contributed by atoms with E-state index in [4.69, 9.17) is 9.47 Å². The van der Waals surface area contributed by atoms with E-state index >= 15 is 0 Å². The van der Waals surface area contributed by atoms with Crippen LogP contribution in [0.2, 0.25) is 0 Å². The fourth-order valence-corrected chi connectivity index (χ4v) is 6.41. The maximum Gasteiger partial charge on any atom is 0.324 e. The highest BCUT2D eigenvalue weighted by Crippen LogP contribution is 2.31. The number of sulfonamides is 1. The summed E-state index contributed by atoms with van der Waals surface area (Å²) in [7, 11) is -7.89. The Bertz CT molecular complexity index is 1710. The van der Waals surface area contributed by atoms with Crippen LogP contribution in [0.15, 0.2) is 27.9 Å². The number of hydrogen-bond donors (Lipinski definition) is 2. The van der Waals surface area contributed by atoms with Crippen LogP contribution < -0.4 is 15.0 Å². The number of carbonyl (C=O) groups is 1. The number of nitrogens with one attached hydrogen (secondary N) is 2. The molecular formula is C27H39N5O8S2. The number of aromatic amines is 1. The first-order valence-electron chi connectivity index (χ1n) is 13.8. The first-order valence-corrected chi connectivity index (χ1v) is 17.3. The highest BCUT2D eigenvalue weighted by molar-refractivity contribution is 7.90. The van der Waals surface area contributed by atoms with E-state index in [2.05, 4.69) is 19.8 Å². The third-order valence-corrected chi connectivity index (χ3v) is 9.03. The van der Waals surface area contributed by atoms with Crippen molar-refractivity contribution in [2.24, 2.45) is 0 Å². The molecule has 0 aliphatic rings. The van der Waals surface area contributed by atoms with E-state index < -0.39 is 49.3 Å². The molecule has 0 amide bonds. The minimum atomic E-state index is -4.39. The fraction of sp³-hybridized carbons (Fsp3) is 0.556. The lowest BCUT2D eigenvalue weighted by Gasteiger charge is -2.19. The highest BCUT2D eigenvalue weighted by Gasteiger charge is 2.30. The van der Waals surface area contributed by atoms with Crippen molar-refractivity contribution < 1.29 is 31.1 Å². The SMILES string of the molecule is CCOc1ccc(S(=O)(=O)NC(CCS(C)(=O)=O)C(=O)OC(C)C)cc1-c1nn2c(C(CC)CC)nc(C)c2c(=O)[nH]1. The molecule has 232 valence electrons. The predicted molar refractivity (Wildman–Crippen MR) is 158 cm³/mol. The molecule has 2 aromatic heterocycles. The van der Waals surface area contributed by atoms with E-state index in [9.17, 15) is 26.4 Å². The van der Waals surface area contributed by atoms with Crippen molar-refractivity contribution in [2.75, 3.05) is 18.6 Å². The first-order chi connectivity index (χ1) is 19.6. The molecule has 1 unspecified atom stereocenters. The van der Waals surface area contributed by atoms with Crippen molar-refractivity contribution in [3.63, 3.8) is 0 Å². The lowest BCUT2D eigenvalue weighted by Crippen LogP contribution is -2.43. The molecule has 15 heteroatoms. The Labute approximate surface area is 246 Å². The molecule has 0 aliphatic heterocycles. The summed E-state index contributed by atoms with van der Waals surface area (Å²) in [5.74, 6) is -0.330. The number of sulfone groups is 1. The van der Waals surface area contributed by atoms with E-state index in [1.807, 2.05) is 13.8 Å². The molecule has 0 aliphatic carbocycles. The molecule has 0 saturated heterocycles. The summed E-state index contributed by atoms with van der Waals surface area (Å²) in [5.41, 5.74) is 0.559. The Morgan fingerprint density at radius 3 is 2.36 bits per heavy atom. The van der Waals surface area contributed by atoms with Gasteiger partial charge in [0.1, 0.15) is 27.5 Å². The van der Waals surface area contributed by atoms with Crippen LogP contribution in [-0.4, -0.2) is 73.1 Å². The number of aromatic nitrogens is 4. The first kappa shape index (κ1) is 33.2. The summed E-state index contributed by atoms with van der Waals surface area (Å²) in [6.45, 7) is 11.0. The largest absolute Gasteiger partial charge is 0.493 e. The maximum atomic E-state index is 13.5. The number of imidazole rings is 1. The summed E-state index contributed by atoms with van der Waals surface area (Å²) in [4.78, 5) is 32.9. The standard InChI is InChI=1S/C27H39N5O8S2/c1-8-18(9-2)25-28-17(6)23-26(33)29-24(30-32(23)25)20-15-19(11-12-22(20)39-10-3)42(37,38)31-21(13-14-41(7,35)36)27(34)40-16(4)5/h11-12,15-16,18,21,31H,8-10,13-14H2,1-7H3,(H,29,30,33). The number of H-pyrrole nitrogens is 1. The van der Waals surface area contributed by atoms with Crippen LogP contribution in [0.4, 0.5) is 0 Å². The van der Waals surface area contributed by atoms with Crippen LogP contribution >= 0.6 is 0 Å². The van der Waals surface area contributed by atoms with Crippen LogP contribution in [0.3, 0.4) is 0 Å². The monoisotopic (exact) mass is 625 g/mol. The van der Waals surface area contributed by atoms with E-state index in [0.717, 1.165) is 19.1 Å². The molecule has 0 saturated carbocycles. The number of aryl methyl sites for hydroxylation is 1. The zero-order valence-corrected chi connectivity index (χ0v) is 26.6. The zero-order chi connectivity index (χ0) is 31.4. The van der Waals surface area contributed by atoms with Gasteiger partial charge in [-0.15, -0.1) is 5.10 Å². The molecule has 1 atom stereocenters. The Balaban J connectivity index is 2.14. The van der Waals surface area contributed by atoms with Gasteiger partial charge in [0.2, 0.25) is 10.0 Å². The van der Waals surface area contributed by atoms with E-state index in [1.165, 1.54) is 22.7 Å². The van der Waals surface area contributed by atoms with Gasteiger partial charge >= 0.3 is 5.97 Å². The second kappa shape index (κ2) is 13.3. The third-order valence-electron chi connectivity index (χ3n) is 6.58. The van der Waals surface area contributed by atoms with Gasteiger partial charge in [-0.1, -0.05) is 13.8 Å². The van der Waals surface area contributed by atoms with Crippen LogP contribution in [-0.2, 0) is 29.4 Å². The van der Waals surface area contributed by atoms with Crippen molar-refractivity contribution in [3.8, 4) is 17.1 Å². The molecule has 1 aromatic carbocycles. The number of fused-ring (bicyclic) bond motifs is 1. The van der Waals surface area contributed by atoms with Gasteiger partial charge in [-0.3, -0.25) is 9.59 Å². The second-order valence-corrected chi connectivity index (χ2v) is 14.3. The average Bonchev–Trinajstić information content (AvgIpc) is 3.23. The maximum absolute atomic E-state index is 13.5. The molecule has 2 heterocycles. The summed E-state index contributed by atoms with van der Waals surface area (Å²) in [5, 5.41) is 4.65. The molecule has 3 aromatic rings. The van der Waals surface area contributed by atoms with Crippen molar-refractivity contribution in [1.29, 1.82) is 0 Å². The molecule has 0 spiro atoms. The number of carbonyl (C=O) groups excluding carboxylic acids is 1. The zero-order valence-electron chi connectivity index (χ0n) is 24.9. The highest BCUT2D eigenvalue weighted by atomic mass is 32.2. The number of ether oxygens (including phenoxy) is 2. The van der Waals surface area contributed by atoms with Crippen LogP contribution in [0.25, 0.3) is 16.9 Å². The Hall–Kier alpha value is -3.30. The predicted octanol–water partition coefficient (Wildman–Crippen LogP) is 2.73. The number of hydrogen-bond acceptors (Lipinski definition) is 10. The van der Waals surface area contributed by atoms with Gasteiger partial charge in [-0.05, 0) is 65.2 Å². The molecule has 2 N–H and O–H groups in total. The Morgan fingerprint density at radius 2 is 1.79 bits per heavy atom. The lowest BCUT2D eigenvalue weighted by atomic mass is 10.0. The van der Waals surface area contributed by atoms with Gasteiger partial charge in [-0.25, -0.2) is 26.3 Å². The lowest BCUT2D eigenvalue weighted by molar-refractivity contribution is -0.149. The van der Waals surface area contributed by atoms with Crippen LogP contribution in [0.5, 0.6) is 5.75 Å². The summed E-state index contributed by atoms with van der Waals surface area (Å²) < 4.78 is 65.2. The summed E-state index contributed by atoms with van der Waals surface area (Å²) in [6.07, 6.45) is 1.68. The molecule has 0 radical (unpaired) electrons.